The van der Waals surface area contributed by atoms with Crippen LogP contribution in [0.3, 0.4) is 0 Å². The third-order valence-corrected chi connectivity index (χ3v) is 3.96. The standard InChI is InChI=1S/C18H18FNO2/c1-12-10-18(22-15-6-4-3-5-7-15)16-9-8-14(19)11-17(16)20(12)13(2)21/h3-9,11-12,18H,10H2,1-2H3. The lowest BCUT2D eigenvalue weighted by Gasteiger charge is -2.38. The lowest BCUT2D eigenvalue weighted by atomic mass is 9.93. The predicted molar refractivity (Wildman–Crippen MR) is 83.5 cm³/mol. The van der Waals surface area contributed by atoms with Gasteiger partial charge in [-0.25, -0.2) is 4.39 Å². The number of fused-ring (bicyclic) bond motifs is 1. The van der Waals surface area contributed by atoms with E-state index in [-0.39, 0.29) is 23.9 Å². The summed E-state index contributed by atoms with van der Waals surface area (Å²) in [5, 5.41) is 0. The van der Waals surface area contributed by atoms with E-state index >= 15 is 0 Å². The number of benzene rings is 2. The number of hydrogen-bond acceptors (Lipinski definition) is 2. The number of amides is 1. The summed E-state index contributed by atoms with van der Waals surface area (Å²) in [6.07, 6.45) is 0.483. The Morgan fingerprint density at radius 3 is 2.64 bits per heavy atom. The van der Waals surface area contributed by atoms with Crippen molar-refractivity contribution in [2.24, 2.45) is 0 Å². The second-order valence-electron chi connectivity index (χ2n) is 5.60. The van der Waals surface area contributed by atoms with Crippen LogP contribution in [0.1, 0.15) is 31.9 Å². The van der Waals surface area contributed by atoms with Gasteiger partial charge in [0.2, 0.25) is 5.91 Å². The highest BCUT2D eigenvalue weighted by atomic mass is 19.1. The molecule has 0 aromatic heterocycles. The van der Waals surface area contributed by atoms with E-state index < -0.39 is 0 Å². The Hall–Kier alpha value is -2.36. The molecule has 114 valence electrons. The van der Waals surface area contributed by atoms with E-state index in [0.717, 1.165) is 11.3 Å². The van der Waals surface area contributed by atoms with Gasteiger partial charge in [0.05, 0.1) is 5.69 Å². The molecule has 1 aliphatic heterocycles. The van der Waals surface area contributed by atoms with Gasteiger partial charge in [-0.3, -0.25) is 4.79 Å². The number of nitrogens with zero attached hydrogens (tertiary/aromatic N) is 1. The van der Waals surface area contributed by atoms with E-state index in [9.17, 15) is 9.18 Å². The summed E-state index contributed by atoms with van der Waals surface area (Å²) in [6, 6.07) is 14.0. The maximum Gasteiger partial charge on any atom is 0.224 e. The number of carbonyl (C=O) groups is 1. The van der Waals surface area contributed by atoms with Gasteiger partial charge in [-0.15, -0.1) is 0 Å². The molecule has 22 heavy (non-hydrogen) atoms. The summed E-state index contributed by atoms with van der Waals surface area (Å²) >= 11 is 0. The summed E-state index contributed by atoms with van der Waals surface area (Å²) < 4.78 is 19.7. The van der Waals surface area contributed by atoms with Crippen molar-refractivity contribution in [3.63, 3.8) is 0 Å². The van der Waals surface area contributed by atoms with Gasteiger partial charge >= 0.3 is 0 Å². The Balaban J connectivity index is 2.00. The first-order chi connectivity index (χ1) is 10.6. The van der Waals surface area contributed by atoms with Crippen molar-refractivity contribution in [3.8, 4) is 5.75 Å². The average molecular weight is 299 g/mol. The fraction of sp³-hybridized carbons (Fsp3) is 0.278. The van der Waals surface area contributed by atoms with Crippen molar-refractivity contribution >= 4 is 11.6 Å². The molecular formula is C18H18FNO2. The van der Waals surface area contributed by atoms with Crippen LogP contribution in [-0.4, -0.2) is 11.9 Å². The van der Waals surface area contributed by atoms with Crippen LogP contribution in [0.5, 0.6) is 5.75 Å². The van der Waals surface area contributed by atoms with Crippen LogP contribution >= 0.6 is 0 Å². The summed E-state index contributed by atoms with van der Waals surface area (Å²) in [5.74, 6) is 0.335. The van der Waals surface area contributed by atoms with Crippen LogP contribution in [-0.2, 0) is 4.79 Å². The van der Waals surface area contributed by atoms with Gasteiger partial charge in [-0.05, 0) is 31.2 Å². The molecule has 1 aliphatic rings. The van der Waals surface area contributed by atoms with Crippen LogP contribution in [0.15, 0.2) is 48.5 Å². The summed E-state index contributed by atoms with van der Waals surface area (Å²) in [6.45, 7) is 3.46. The highest BCUT2D eigenvalue weighted by molar-refractivity contribution is 5.93. The lowest BCUT2D eigenvalue weighted by Crippen LogP contribution is -2.43. The molecule has 2 unspecified atom stereocenters. The van der Waals surface area contributed by atoms with Gasteiger partial charge in [0.25, 0.3) is 0 Å². The zero-order chi connectivity index (χ0) is 15.7. The third-order valence-electron chi connectivity index (χ3n) is 3.96. The molecule has 3 nitrogen and oxygen atoms in total. The topological polar surface area (TPSA) is 29.5 Å². The molecule has 0 aliphatic carbocycles. The van der Waals surface area contributed by atoms with Gasteiger partial charge in [0.1, 0.15) is 17.7 Å². The first-order valence-electron chi connectivity index (χ1n) is 7.37. The molecule has 3 rings (SSSR count). The van der Waals surface area contributed by atoms with E-state index in [1.807, 2.05) is 37.3 Å². The molecular weight excluding hydrogens is 281 g/mol. The number of para-hydroxylation sites is 1. The quantitative estimate of drug-likeness (QED) is 0.836. The van der Waals surface area contributed by atoms with Crippen LogP contribution in [0.25, 0.3) is 0 Å². The van der Waals surface area contributed by atoms with Crippen molar-refractivity contribution in [3.05, 3.63) is 59.9 Å². The molecule has 0 saturated carbocycles. The van der Waals surface area contributed by atoms with Crippen LogP contribution in [0, 0.1) is 5.82 Å². The SMILES string of the molecule is CC(=O)N1c2cc(F)ccc2C(Oc2ccccc2)CC1C. The maximum atomic E-state index is 13.6. The molecule has 0 fully saturated rings. The number of ether oxygens (including phenoxy) is 1. The maximum absolute atomic E-state index is 13.6. The first-order valence-corrected chi connectivity index (χ1v) is 7.37. The average Bonchev–Trinajstić information content (AvgIpc) is 2.47. The number of carbonyl (C=O) groups excluding carboxylic acids is 1. The fourth-order valence-electron chi connectivity index (χ4n) is 3.03. The fourth-order valence-corrected chi connectivity index (χ4v) is 3.03. The number of rotatable bonds is 2. The van der Waals surface area contributed by atoms with Gasteiger partial charge in [-0.1, -0.05) is 24.3 Å². The molecule has 0 bridgehead atoms. The molecule has 0 saturated heterocycles. The van der Waals surface area contributed by atoms with E-state index in [1.165, 1.54) is 19.1 Å². The van der Waals surface area contributed by atoms with Crippen molar-refractivity contribution < 1.29 is 13.9 Å². The Labute approximate surface area is 129 Å². The Bertz CT molecular complexity index is 687. The largest absolute Gasteiger partial charge is 0.486 e. The van der Waals surface area contributed by atoms with E-state index in [4.69, 9.17) is 4.74 Å². The van der Waals surface area contributed by atoms with Crippen molar-refractivity contribution in [1.82, 2.24) is 0 Å². The summed E-state index contributed by atoms with van der Waals surface area (Å²) in [4.78, 5) is 13.6. The van der Waals surface area contributed by atoms with Crippen molar-refractivity contribution in [2.45, 2.75) is 32.4 Å². The van der Waals surface area contributed by atoms with E-state index in [2.05, 4.69) is 0 Å². The lowest BCUT2D eigenvalue weighted by molar-refractivity contribution is -0.117. The van der Waals surface area contributed by atoms with Crippen LogP contribution in [0.2, 0.25) is 0 Å². The Morgan fingerprint density at radius 1 is 1.23 bits per heavy atom. The Kier molecular flexibility index (Phi) is 3.84. The minimum absolute atomic E-state index is 0.0412. The first kappa shape index (κ1) is 14.6. The third kappa shape index (κ3) is 2.69. The number of hydrogen-bond donors (Lipinski definition) is 0. The predicted octanol–water partition coefficient (Wildman–Crippen LogP) is 4.09. The monoisotopic (exact) mass is 299 g/mol. The zero-order valence-electron chi connectivity index (χ0n) is 12.6. The van der Waals surface area contributed by atoms with Gasteiger partial charge in [0.15, 0.2) is 0 Å². The minimum Gasteiger partial charge on any atom is -0.486 e. The smallest absolute Gasteiger partial charge is 0.224 e. The highest BCUT2D eigenvalue weighted by Crippen LogP contribution is 2.40. The second-order valence-corrected chi connectivity index (χ2v) is 5.60. The second kappa shape index (κ2) is 5.79. The van der Waals surface area contributed by atoms with Crippen LogP contribution in [0.4, 0.5) is 10.1 Å². The minimum atomic E-state index is -0.349. The highest BCUT2D eigenvalue weighted by Gasteiger charge is 2.33. The number of halogens is 1. The van der Waals surface area contributed by atoms with E-state index in [1.54, 1.807) is 11.0 Å². The summed E-state index contributed by atoms with van der Waals surface area (Å²) in [5.41, 5.74) is 1.45. The van der Waals surface area contributed by atoms with Crippen LogP contribution < -0.4 is 9.64 Å². The molecule has 2 atom stereocenters. The van der Waals surface area contributed by atoms with Crippen molar-refractivity contribution in [2.75, 3.05) is 4.90 Å². The summed E-state index contributed by atoms with van der Waals surface area (Å²) in [7, 11) is 0. The molecule has 4 heteroatoms. The Morgan fingerprint density at radius 2 is 1.95 bits per heavy atom. The molecule has 2 aromatic carbocycles. The zero-order valence-corrected chi connectivity index (χ0v) is 12.6. The molecule has 0 spiro atoms. The molecule has 1 amide bonds. The van der Waals surface area contributed by atoms with Crippen molar-refractivity contribution in [1.29, 1.82) is 0 Å². The number of anilines is 1. The molecule has 0 radical (unpaired) electrons. The normalized spacial score (nSPS) is 20.4. The molecule has 0 N–H and O–H groups in total. The molecule has 2 aromatic rings. The van der Waals surface area contributed by atoms with Gasteiger partial charge in [0, 0.05) is 24.9 Å². The van der Waals surface area contributed by atoms with Gasteiger partial charge < -0.3 is 9.64 Å². The molecule has 1 heterocycles. The van der Waals surface area contributed by atoms with Gasteiger partial charge in [-0.2, -0.15) is 0 Å². The van der Waals surface area contributed by atoms with E-state index in [0.29, 0.717) is 12.1 Å².